The van der Waals surface area contributed by atoms with Gasteiger partial charge in [0, 0.05) is 21.7 Å². The molecular formula is C18H12BrN3O2S. The highest BCUT2D eigenvalue weighted by molar-refractivity contribution is 9.10. The number of benzene rings is 2. The summed E-state index contributed by atoms with van der Waals surface area (Å²) in [6.45, 7) is 0. The Labute approximate surface area is 156 Å². The van der Waals surface area contributed by atoms with Gasteiger partial charge in [-0.25, -0.2) is 0 Å². The maximum atomic E-state index is 5.70. The molecule has 7 heteroatoms. The monoisotopic (exact) mass is 413 g/mol. The standard InChI is InChI=1S/C18H12BrN3O2S/c19-14-8-4-7-13(9-14)17-20-21-18(23-17)25-11-15-10-16(22-24-15)12-5-2-1-3-6-12/h1-10H,11H2. The average molecular weight is 414 g/mol. The van der Waals surface area contributed by atoms with E-state index < -0.39 is 0 Å². The van der Waals surface area contributed by atoms with Crippen LogP contribution in [0.25, 0.3) is 22.7 Å². The molecule has 2 heterocycles. The second-order valence-corrected chi connectivity index (χ2v) is 7.06. The summed E-state index contributed by atoms with van der Waals surface area (Å²) in [5.74, 6) is 1.82. The quantitative estimate of drug-likeness (QED) is 0.405. The Hall–Kier alpha value is -2.38. The Balaban J connectivity index is 1.43. The van der Waals surface area contributed by atoms with Crippen LogP contribution in [0.3, 0.4) is 0 Å². The fourth-order valence-corrected chi connectivity index (χ4v) is 3.30. The van der Waals surface area contributed by atoms with E-state index in [1.165, 1.54) is 11.8 Å². The summed E-state index contributed by atoms with van der Waals surface area (Å²) in [5, 5.41) is 12.8. The zero-order chi connectivity index (χ0) is 17.1. The highest BCUT2D eigenvalue weighted by Gasteiger charge is 2.12. The Morgan fingerprint density at radius 3 is 2.60 bits per heavy atom. The minimum Gasteiger partial charge on any atom is -0.411 e. The maximum Gasteiger partial charge on any atom is 0.277 e. The fourth-order valence-electron chi connectivity index (χ4n) is 2.27. The Morgan fingerprint density at radius 1 is 0.920 bits per heavy atom. The summed E-state index contributed by atoms with van der Waals surface area (Å²) < 4.78 is 12.0. The molecule has 0 aliphatic heterocycles. The first kappa shape index (κ1) is 16.1. The summed E-state index contributed by atoms with van der Waals surface area (Å²) in [7, 11) is 0. The molecule has 0 aliphatic carbocycles. The van der Waals surface area contributed by atoms with Crippen LogP contribution in [-0.2, 0) is 5.75 Å². The van der Waals surface area contributed by atoms with Crippen molar-refractivity contribution in [2.24, 2.45) is 0 Å². The molecule has 0 bridgehead atoms. The molecule has 124 valence electrons. The zero-order valence-corrected chi connectivity index (χ0v) is 15.3. The number of rotatable bonds is 5. The molecule has 0 N–H and O–H groups in total. The number of hydrogen-bond acceptors (Lipinski definition) is 6. The highest BCUT2D eigenvalue weighted by atomic mass is 79.9. The number of aromatic nitrogens is 3. The van der Waals surface area contributed by atoms with Crippen molar-refractivity contribution in [2.45, 2.75) is 11.0 Å². The van der Waals surface area contributed by atoms with Gasteiger partial charge in [-0.05, 0) is 18.2 Å². The van der Waals surface area contributed by atoms with Gasteiger partial charge in [-0.1, -0.05) is 69.2 Å². The molecule has 0 amide bonds. The Bertz CT molecular complexity index is 985. The van der Waals surface area contributed by atoms with Gasteiger partial charge in [0.05, 0.1) is 5.75 Å². The molecule has 0 saturated heterocycles. The van der Waals surface area contributed by atoms with Crippen LogP contribution in [0.1, 0.15) is 5.76 Å². The topological polar surface area (TPSA) is 65.0 Å². The van der Waals surface area contributed by atoms with Crippen LogP contribution < -0.4 is 0 Å². The number of halogens is 1. The summed E-state index contributed by atoms with van der Waals surface area (Å²) >= 11 is 4.85. The van der Waals surface area contributed by atoms with Gasteiger partial charge in [-0.15, -0.1) is 10.2 Å². The van der Waals surface area contributed by atoms with Crippen LogP contribution in [0.2, 0.25) is 0 Å². The molecule has 4 rings (SSSR count). The third kappa shape index (κ3) is 3.83. The predicted octanol–water partition coefficient (Wildman–Crippen LogP) is 5.45. The van der Waals surface area contributed by atoms with Crippen molar-refractivity contribution in [2.75, 3.05) is 0 Å². The first-order valence-electron chi connectivity index (χ1n) is 7.51. The molecule has 0 radical (unpaired) electrons. The maximum absolute atomic E-state index is 5.70. The van der Waals surface area contributed by atoms with Crippen LogP contribution in [-0.4, -0.2) is 15.4 Å². The lowest BCUT2D eigenvalue weighted by Gasteiger charge is -1.95. The molecule has 25 heavy (non-hydrogen) atoms. The van der Waals surface area contributed by atoms with E-state index in [0.29, 0.717) is 16.9 Å². The lowest BCUT2D eigenvalue weighted by molar-refractivity contribution is 0.396. The van der Waals surface area contributed by atoms with Gasteiger partial charge in [0.1, 0.15) is 11.5 Å². The number of nitrogens with zero attached hydrogens (tertiary/aromatic N) is 3. The lowest BCUT2D eigenvalue weighted by Crippen LogP contribution is -1.77. The molecule has 0 saturated carbocycles. The Kier molecular flexibility index (Phi) is 4.67. The average Bonchev–Trinajstić information content (AvgIpc) is 3.30. The summed E-state index contributed by atoms with van der Waals surface area (Å²) in [5.41, 5.74) is 2.72. The minimum atomic E-state index is 0.492. The SMILES string of the molecule is Brc1cccc(-c2nnc(SCc3cc(-c4ccccc4)no3)o2)c1. The number of thioether (sulfide) groups is 1. The van der Waals surface area contributed by atoms with E-state index in [9.17, 15) is 0 Å². The molecule has 0 aliphatic rings. The van der Waals surface area contributed by atoms with E-state index in [0.717, 1.165) is 27.1 Å². The molecular weight excluding hydrogens is 402 g/mol. The highest BCUT2D eigenvalue weighted by Crippen LogP contribution is 2.28. The normalized spacial score (nSPS) is 10.9. The lowest BCUT2D eigenvalue weighted by atomic mass is 10.1. The van der Waals surface area contributed by atoms with E-state index in [2.05, 4.69) is 31.3 Å². The molecule has 0 atom stereocenters. The van der Waals surface area contributed by atoms with Gasteiger partial charge in [0.2, 0.25) is 5.89 Å². The van der Waals surface area contributed by atoms with Crippen LogP contribution in [0.5, 0.6) is 0 Å². The van der Waals surface area contributed by atoms with Crippen molar-refractivity contribution in [3.63, 3.8) is 0 Å². The molecule has 0 unspecified atom stereocenters. The summed E-state index contributed by atoms with van der Waals surface area (Å²) in [6, 6.07) is 19.6. The third-order valence-corrected chi connectivity index (χ3v) is 4.78. The van der Waals surface area contributed by atoms with Crippen molar-refractivity contribution in [3.8, 4) is 22.7 Å². The fraction of sp³-hybridized carbons (Fsp3) is 0.0556. The van der Waals surface area contributed by atoms with Gasteiger partial charge in [0.15, 0.2) is 0 Å². The van der Waals surface area contributed by atoms with Gasteiger partial charge in [-0.2, -0.15) is 0 Å². The van der Waals surface area contributed by atoms with Crippen molar-refractivity contribution in [1.82, 2.24) is 15.4 Å². The zero-order valence-electron chi connectivity index (χ0n) is 12.9. The first-order valence-corrected chi connectivity index (χ1v) is 9.29. The van der Waals surface area contributed by atoms with Crippen molar-refractivity contribution in [1.29, 1.82) is 0 Å². The second-order valence-electron chi connectivity index (χ2n) is 5.22. The van der Waals surface area contributed by atoms with Crippen molar-refractivity contribution in [3.05, 3.63) is 70.9 Å². The largest absolute Gasteiger partial charge is 0.411 e. The van der Waals surface area contributed by atoms with Gasteiger partial charge >= 0.3 is 0 Å². The minimum absolute atomic E-state index is 0.492. The third-order valence-electron chi connectivity index (χ3n) is 3.44. The molecule has 2 aromatic heterocycles. The van der Waals surface area contributed by atoms with Gasteiger partial charge in [-0.3, -0.25) is 0 Å². The van der Waals surface area contributed by atoms with Crippen LogP contribution in [0, 0.1) is 0 Å². The summed E-state index contributed by atoms with van der Waals surface area (Å²) in [6.07, 6.45) is 0. The van der Waals surface area contributed by atoms with E-state index >= 15 is 0 Å². The van der Waals surface area contributed by atoms with E-state index in [4.69, 9.17) is 8.94 Å². The Morgan fingerprint density at radius 2 is 1.76 bits per heavy atom. The van der Waals surface area contributed by atoms with E-state index in [1.807, 2.05) is 60.7 Å². The van der Waals surface area contributed by atoms with Gasteiger partial charge in [0.25, 0.3) is 5.22 Å². The first-order chi connectivity index (χ1) is 12.3. The van der Waals surface area contributed by atoms with E-state index in [1.54, 1.807) is 0 Å². The van der Waals surface area contributed by atoms with Crippen molar-refractivity contribution < 1.29 is 8.94 Å². The summed E-state index contributed by atoms with van der Waals surface area (Å²) in [4.78, 5) is 0. The molecule has 4 aromatic rings. The van der Waals surface area contributed by atoms with E-state index in [-0.39, 0.29) is 0 Å². The van der Waals surface area contributed by atoms with Crippen LogP contribution in [0.4, 0.5) is 0 Å². The molecule has 0 fully saturated rings. The van der Waals surface area contributed by atoms with Crippen LogP contribution in [0.15, 0.2) is 79.3 Å². The van der Waals surface area contributed by atoms with Crippen molar-refractivity contribution >= 4 is 27.7 Å². The van der Waals surface area contributed by atoms with Crippen LogP contribution >= 0.6 is 27.7 Å². The molecule has 2 aromatic carbocycles. The number of hydrogen-bond donors (Lipinski definition) is 0. The molecule has 0 spiro atoms. The smallest absolute Gasteiger partial charge is 0.277 e. The van der Waals surface area contributed by atoms with Gasteiger partial charge < -0.3 is 8.94 Å². The second kappa shape index (κ2) is 7.25. The molecule has 5 nitrogen and oxygen atoms in total. The predicted molar refractivity (Wildman–Crippen MR) is 98.9 cm³/mol.